The number of likely N-dealkylation sites (tertiary alicyclic amines) is 1. The molecule has 6 fully saturated rings. The molecular formula is C63H123F2NO. The van der Waals surface area contributed by atoms with E-state index in [4.69, 9.17) is 4.74 Å². The molecule has 2 aliphatic heterocycles. The van der Waals surface area contributed by atoms with E-state index in [0.717, 1.165) is 72.5 Å². The summed E-state index contributed by atoms with van der Waals surface area (Å²) in [5.41, 5.74) is 1.69. The maximum atomic E-state index is 12.6. The summed E-state index contributed by atoms with van der Waals surface area (Å²) in [4.78, 5) is 2.56. The number of allylic oxidation sites excluding steroid dienone is 2. The monoisotopic (exact) mass is 948 g/mol. The third-order valence-electron chi connectivity index (χ3n) is 17.4. The molecule has 0 aromatic carbocycles. The third kappa shape index (κ3) is 33.0. The molecule has 0 aromatic rings. The number of rotatable bonds is 7. The largest absolute Gasteiger partial charge is 0.381 e. The molecule has 2 heterocycles. The minimum Gasteiger partial charge on any atom is -0.381 e. The first kappa shape index (κ1) is 64.5. The van der Waals surface area contributed by atoms with Crippen LogP contribution in [0.3, 0.4) is 0 Å². The highest BCUT2D eigenvalue weighted by Crippen LogP contribution is 2.39. The molecule has 7 rings (SSSR count). The Kier molecular flexibility index (Phi) is 37.7. The van der Waals surface area contributed by atoms with Crippen molar-refractivity contribution in [3.63, 3.8) is 0 Å². The van der Waals surface area contributed by atoms with Crippen LogP contribution in [0.5, 0.6) is 0 Å². The Labute approximate surface area is 421 Å². The van der Waals surface area contributed by atoms with E-state index in [1.54, 1.807) is 5.57 Å². The van der Waals surface area contributed by atoms with Gasteiger partial charge in [0.1, 0.15) is 0 Å². The SMILES string of the molecule is CC(C)C1=CCCCCC1.CC(C)C1CCC(F)(F)CC1.CC(C)C1CCCCC1.CC(C)C1CCCCC1.CC(C)C1CCCCCC1.CC(C)C1CCOCC1.CC(C)N1CCCCC1. The normalized spacial score (nSPS) is 23.1. The van der Waals surface area contributed by atoms with Gasteiger partial charge in [-0.15, -0.1) is 0 Å². The molecule has 0 N–H and O–H groups in total. The van der Waals surface area contributed by atoms with Gasteiger partial charge in [0.05, 0.1) is 0 Å². The molecule has 0 unspecified atom stereocenters. The lowest BCUT2D eigenvalue weighted by Gasteiger charge is -2.30. The second-order valence-corrected chi connectivity index (χ2v) is 25.1. The standard InChI is InChI=1S/C10H20.C10H18.C9H16F2.2C9H18.C8H17N.C8H16O/c2*1-9(2)10-7-5-3-4-6-8-10;1-7(2)8-3-5-9(10,11)6-4-8;3*1-8(2)9-6-4-3-5-7-9;1-7(2)8-3-5-9-6-4-8/h9-10H,3-8H2,1-2H3;7,9H,3-6,8H2,1-2H3;7-8H,3-6H2,1-2H3;2*8-9H,3-7H2,1-2H3;8H,3-7H2,1-2H3;7-8H,3-6H2,1-2H3. The number of halogens is 2. The maximum absolute atomic E-state index is 12.6. The van der Waals surface area contributed by atoms with E-state index in [-0.39, 0.29) is 12.8 Å². The molecule has 0 radical (unpaired) electrons. The van der Waals surface area contributed by atoms with Gasteiger partial charge in [-0.1, -0.05) is 210 Å². The van der Waals surface area contributed by atoms with Gasteiger partial charge < -0.3 is 9.64 Å². The maximum Gasteiger partial charge on any atom is 0.248 e. The van der Waals surface area contributed by atoms with Gasteiger partial charge in [-0.25, -0.2) is 8.78 Å². The van der Waals surface area contributed by atoms with Gasteiger partial charge in [0.2, 0.25) is 5.92 Å². The summed E-state index contributed by atoms with van der Waals surface area (Å²) in [6.07, 6.45) is 41.8. The molecule has 2 nitrogen and oxygen atoms in total. The van der Waals surface area contributed by atoms with Gasteiger partial charge in [0.25, 0.3) is 0 Å². The van der Waals surface area contributed by atoms with Crippen molar-refractivity contribution >= 4 is 0 Å². The molecule has 4 heteroatoms. The van der Waals surface area contributed by atoms with E-state index < -0.39 is 5.92 Å². The van der Waals surface area contributed by atoms with Crippen LogP contribution >= 0.6 is 0 Å². The quantitative estimate of drug-likeness (QED) is 0.186. The molecule has 2 saturated heterocycles. The molecule has 4 saturated carbocycles. The fourth-order valence-corrected chi connectivity index (χ4v) is 11.7. The lowest BCUT2D eigenvalue weighted by atomic mass is 9.80. The lowest BCUT2D eigenvalue weighted by Crippen LogP contribution is -2.35. The highest BCUT2D eigenvalue weighted by molar-refractivity contribution is 5.05. The van der Waals surface area contributed by atoms with Crippen molar-refractivity contribution in [2.75, 3.05) is 26.3 Å². The molecule has 400 valence electrons. The Morgan fingerprint density at radius 1 is 0.418 bits per heavy atom. The van der Waals surface area contributed by atoms with E-state index in [2.05, 4.69) is 108 Å². The number of hydrogen-bond acceptors (Lipinski definition) is 2. The van der Waals surface area contributed by atoms with Crippen molar-refractivity contribution in [2.45, 2.75) is 302 Å². The van der Waals surface area contributed by atoms with E-state index in [0.29, 0.717) is 24.7 Å². The van der Waals surface area contributed by atoms with Gasteiger partial charge >= 0.3 is 0 Å². The average Bonchev–Trinajstić information content (AvgIpc) is 3.79. The summed E-state index contributed by atoms with van der Waals surface area (Å²) < 4.78 is 30.5. The van der Waals surface area contributed by atoms with Crippen LogP contribution in [-0.2, 0) is 4.74 Å². The van der Waals surface area contributed by atoms with Gasteiger partial charge in [0.15, 0.2) is 0 Å². The Morgan fingerprint density at radius 3 is 1.07 bits per heavy atom. The van der Waals surface area contributed by atoms with Crippen molar-refractivity contribution in [2.24, 2.45) is 65.1 Å². The number of hydrogen-bond donors (Lipinski definition) is 0. The molecule has 0 spiro atoms. The van der Waals surface area contributed by atoms with Crippen LogP contribution < -0.4 is 0 Å². The van der Waals surface area contributed by atoms with Gasteiger partial charge in [-0.05, 0) is 156 Å². The fourth-order valence-electron chi connectivity index (χ4n) is 11.7. The molecule has 0 amide bonds. The Morgan fingerprint density at radius 2 is 0.746 bits per heavy atom. The van der Waals surface area contributed by atoms with E-state index in [9.17, 15) is 8.78 Å². The number of nitrogens with zero attached hydrogens (tertiary/aromatic N) is 1. The molecular weight excluding hydrogens is 825 g/mol. The van der Waals surface area contributed by atoms with Crippen molar-refractivity contribution in [3.8, 4) is 0 Å². The zero-order valence-electron chi connectivity index (χ0n) is 48.2. The van der Waals surface area contributed by atoms with E-state index in [1.807, 2.05) is 0 Å². The van der Waals surface area contributed by atoms with Gasteiger partial charge in [0, 0.05) is 32.1 Å². The second-order valence-electron chi connectivity index (χ2n) is 25.1. The summed E-state index contributed by atoms with van der Waals surface area (Å²) in [5.74, 6) is 7.28. The van der Waals surface area contributed by atoms with E-state index in [1.165, 1.54) is 180 Å². The van der Waals surface area contributed by atoms with Crippen LogP contribution in [0.15, 0.2) is 11.6 Å². The first-order chi connectivity index (χ1) is 31.8. The number of piperidine rings is 1. The summed E-state index contributed by atoms with van der Waals surface area (Å²) in [7, 11) is 0. The predicted octanol–water partition coefficient (Wildman–Crippen LogP) is 21.0. The zero-order chi connectivity index (χ0) is 50.0. The summed E-state index contributed by atoms with van der Waals surface area (Å²) in [6, 6.07) is 0.769. The molecule has 5 aliphatic carbocycles. The first-order valence-electron chi connectivity index (χ1n) is 30.2. The van der Waals surface area contributed by atoms with Gasteiger partial charge in [-0.2, -0.15) is 0 Å². The minimum absolute atomic E-state index is 0.107. The minimum atomic E-state index is -2.36. The summed E-state index contributed by atoms with van der Waals surface area (Å²) in [5, 5.41) is 0. The summed E-state index contributed by atoms with van der Waals surface area (Å²) in [6.45, 7) is 36.8. The van der Waals surface area contributed by atoms with Crippen molar-refractivity contribution < 1.29 is 13.5 Å². The van der Waals surface area contributed by atoms with Crippen molar-refractivity contribution in [1.82, 2.24) is 4.90 Å². The van der Waals surface area contributed by atoms with Crippen LogP contribution in [0.25, 0.3) is 0 Å². The van der Waals surface area contributed by atoms with Crippen LogP contribution in [-0.4, -0.2) is 43.2 Å². The molecule has 0 atom stereocenters. The van der Waals surface area contributed by atoms with Crippen molar-refractivity contribution in [3.05, 3.63) is 11.6 Å². The van der Waals surface area contributed by atoms with Gasteiger partial charge in [-0.3, -0.25) is 0 Å². The Balaban J connectivity index is 0.000000391. The number of alkyl halides is 2. The average molecular weight is 949 g/mol. The smallest absolute Gasteiger partial charge is 0.248 e. The lowest BCUT2D eigenvalue weighted by molar-refractivity contribution is -0.0504. The first-order valence-corrected chi connectivity index (χ1v) is 30.2. The van der Waals surface area contributed by atoms with Crippen LogP contribution in [0.2, 0.25) is 0 Å². The van der Waals surface area contributed by atoms with Crippen LogP contribution in [0.4, 0.5) is 8.78 Å². The van der Waals surface area contributed by atoms with E-state index >= 15 is 0 Å². The topological polar surface area (TPSA) is 12.5 Å². The predicted molar refractivity (Wildman–Crippen MR) is 296 cm³/mol. The van der Waals surface area contributed by atoms with Crippen molar-refractivity contribution in [1.29, 1.82) is 0 Å². The highest BCUT2D eigenvalue weighted by Gasteiger charge is 2.35. The molecule has 67 heavy (non-hydrogen) atoms. The van der Waals surface area contributed by atoms with Crippen LogP contribution in [0.1, 0.15) is 290 Å². The number of ether oxygens (including phenoxy) is 1. The third-order valence-corrected chi connectivity index (χ3v) is 17.4. The Hall–Kier alpha value is -0.480. The molecule has 0 aromatic heterocycles. The second kappa shape index (κ2) is 39.1. The highest BCUT2D eigenvalue weighted by atomic mass is 19.3. The Bertz CT molecular complexity index is 1010. The molecule has 7 aliphatic rings. The van der Waals surface area contributed by atoms with Crippen LogP contribution in [0, 0.1) is 65.1 Å². The zero-order valence-corrected chi connectivity index (χ0v) is 48.2. The fraction of sp³-hybridized carbons (Fsp3) is 0.968. The summed E-state index contributed by atoms with van der Waals surface area (Å²) >= 11 is 0. The molecule has 0 bridgehead atoms.